The van der Waals surface area contributed by atoms with Crippen molar-refractivity contribution < 1.29 is 0 Å². The SMILES string of the molecule is CC1(C)c2ccccc2-c2ccc(-c3cccc(-c4cccc5c6ccccc6n(-c6ccc(-c7nccc(-c8ccccc8)n7)cc6)c45)c3)cc21. The first-order valence-corrected chi connectivity index (χ1v) is 17.9. The van der Waals surface area contributed by atoms with E-state index in [1.165, 1.54) is 66.3 Å². The van der Waals surface area contributed by atoms with Crippen LogP contribution in [-0.4, -0.2) is 14.5 Å². The van der Waals surface area contributed by atoms with Crippen molar-refractivity contribution in [2.24, 2.45) is 0 Å². The standard InChI is InChI=1S/C49H35N3/c1-49(2)43-20-8-6-16-39(43)40-27-24-35(31-44(40)49)34-14-10-15-36(30-34)38-18-11-19-42-41-17-7-9-21-46(41)52(47(38)42)37-25-22-33(23-26-37)48-50-29-28-45(51-48)32-12-4-3-5-13-32/h3-31H,1-2H3. The molecule has 0 bridgehead atoms. The molecule has 2 aromatic heterocycles. The lowest BCUT2D eigenvalue weighted by Gasteiger charge is -2.22. The number of aromatic nitrogens is 3. The molecule has 0 unspecified atom stereocenters. The zero-order valence-corrected chi connectivity index (χ0v) is 29.1. The summed E-state index contributed by atoms with van der Waals surface area (Å²) in [6, 6.07) is 61.2. The summed E-state index contributed by atoms with van der Waals surface area (Å²) >= 11 is 0. The fourth-order valence-electron chi connectivity index (χ4n) is 8.30. The normalized spacial score (nSPS) is 13.0. The monoisotopic (exact) mass is 665 g/mol. The van der Waals surface area contributed by atoms with Crippen molar-refractivity contribution in [1.82, 2.24) is 14.5 Å². The highest BCUT2D eigenvalue weighted by Crippen LogP contribution is 2.49. The number of rotatable bonds is 5. The van der Waals surface area contributed by atoms with Crippen LogP contribution in [0.4, 0.5) is 0 Å². The molecule has 0 aliphatic heterocycles. The minimum atomic E-state index is -0.0432. The Morgan fingerprint density at radius 2 is 1.12 bits per heavy atom. The van der Waals surface area contributed by atoms with Gasteiger partial charge in [0.2, 0.25) is 0 Å². The van der Waals surface area contributed by atoms with Crippen LogP contribution < -0.4 is 0 Å². The fraction of sp³-hybridized carbons (Fsp3) is 0.0612. The zero-order valence-electron chi connectivity index (χ0n) is 29.1. The van der Waals surface area contributed by atoms with Crippen molar-refractivity contribution in [3.63, 3.8) is 0 Å². The van der Waals surface area contributed by atoms with E-state index in [0.717, 1.165) is 22.5 Å². The van der Waals surface area contributed by atoms with Crippen molar-refractivity contribution >= 4 is 21.8 Å². The quantitative estimate of drug-likeness (QED) is 0.183. The summed E-state index contributed by atoms with van der Waals surface area (Å²) < 4.78 is 2.41. The summed E-state index contributed by atoms with van der Waals surface area (Å²) in [6.45, 7) is 4.69. The average Bonchev–Trinajstić information content (AvgIpc) is 3.67. The summed E-state index contributed by atoms with van der Waals surface area (Å²) in [7, 11) is 0. The molecule has 9 aromatic rings. The van der Waals surface area contributed by atoms with Gasteiger partial charge >= 0.3 is 0 Å². The second-order valence-corrected chi connectivity index (χ2v) is 14.2. The molecule has 0 amide bonds. The number of hydrogen-bond acceptors (Lipinski definition) is 2. The van der Waals surface area contributed by atoms with E-state index in [-0.39, 0.29) is 5.41 Å². The number of para-hydroxylation sites is 2. The van der Waals surface area contributed by atoms with E-state index in [1.807, 2.05) is 30.5 Å². The first-order valence-electron chi connectivity index (χ1n) is 17.9. The summed E-state index contributed by atoms with van der Waals surface area (Å²) in [4.78, 5) is 9.55. The van der Waals surface area contributed by atoms with Crippen LogP contribution in [0.3, 0.4) is 0 Å². The van der Waals surface area contributed by atoms with E-state index in [1.54, 1.807) is 0 Å². The number of hydrogen-bond donors (Lipinski definition) is 0. The molecule has 10 rings (SSSR count). The van der Waals surface area contributed by atoms with Crippen molar-refractivity contribution in [3.05, 3.63) is 187 Å². The van der Waals surface area contributed by atoms with Crippen molar-refractivity contribution in [2.45, 2.75) is 19.3 Å². The molecule has 1 aliphatic carbocycles. The maximum absolute atomic E-state index is 4.91. The predicted octanol–water partition coefficient (Wildman–Crippen LogP) is 12.5. The van der Waals surface area contributed by atoms with Gasteiger partial charge in [0.05, 0.1) is 16.7 Å². The van der Waals surface area contributed by atoms with Crippen molar-refractivity contribution in [3.8, 4) is 61.7 Å². The summed E-state index contributed by atoms with van der Waals surface area (Å²) in [5.41, 5.74) is 16.7. The molecule has 0 saturated carbocycles. The van der Waals surface area contributed by atoms with Gasteiger partial charge in [0, 0.05) is 44.8 Å². The lowest BCUT2D eigenvalue weighted by atomic mass is 9.81. The second kappa shape index (κ2) is 11.8. The minimum Gasteiger partial charge on any atom is -0.309 e. The summed E-state index contributed by atoms with van der Waals surface area (Å²) in [5.74, 6) is 0.714. The Morgan fingerprint density at radius 3 is 2.00 bits per heavy atom. The van der Waals surface area contributed by atoms with E-state index in [4.69, 9.17) is 4.98 Å². The molecule has 1 aliphatic rings. The molecule has 2 heterocycles. The highest BCUT2D eigenvalue weighted by atomic mass is 15.0. The molecule has 0 atom stereocenters. The van der Waals surface area contributed by atoms with Gasteiger partial charge in [-0.1, -0.05) is 135 Å². The van der Waals surface area contributed by atoms with Crippen LogP contribution in [0, 0.1) is 0 Å². The van der Waals surface area contributed by atoms with Gasteiger partial charge in [0.1, 0.15) is 0 Å². The van der Waals surface area contributed by atoms with Crippen molar-refractivity contribution in [2.75, 3.05) is 0 Å². The van der Waals surface area contributed by atoms with Gasteiger partial charge in [-0.3, -0.25) is 0 Å². The molecule has 0 saturated heterocycles. The number of benzene rings is 7. The number of nitrogens with zero attached hydrogens (tertiary/aromatic N) is 3. The van der Waals surface area contributed by atoms with Crippen molar-refractivity contribution in [1.29, 1.82) is 0 Å². The van der Waals surface area contributed by atoms with E-state index in [0.29, 0.717) is 5.82 Å². The molecule has 3 heteroatoms. The Hall–Kier alpha value is -6.58. The van der Waals surface area contributed by atoms with Crippen LogP contribution in [0.5, 0.6) is 0 Å². The van der Waals surface area contributed by atoms with E-state index in [2.05, 4.69) is 169 Å². The third-order valence-electron chi connectivity index (χ3n) is 10.9. The van der Waals surface area contributed by atoms with Gasteiger partial charge in [-0.15, -0.1) is 0 Å². The molecule has 7 aromatic carbocycles. The summed E-state index contributed by atoms with van der Waals surface area (Å²) in [6.07, 6.45) is 1.84. The van der Waals surface area contributed by atoms with Gasteiger partial charge < -0.3 is 4.57 Å². The van der Waals surface area contributed by atoms with E-state index < -0.39 is 0 Å². The maximum Gasteiger partial charge on any atom is 0.159 e. The highest BCUT2D eigenvalue weighted by Gasteiger charge is 2.35. The predicted molar refractivity (Wildman–Crippen MR) is 216 cm³/mol. The van der Waals surface area contributed by atoms with E-state index >= 15 is 0 Å². The van der Waals surface area contributed by atoms with Gasteiger partial charge in [0.25, 0.3) is 0 Å². The van der Waals surface area contributed by atoms with Gasteiger partial charge in [-0.05, 0) is 87.5 Å². The van der Waals surface area contributed by atoms with Crippen LogP contribution in [0.15, 0.2) is 176 Å². The molecular formula is C49H35N3. The third-order valence-corrected chi connectivity index (χ3v) is 10.9. The summed E-state index contributed by atoms with van der Waals surface area (Å²) in [5, 5.41) is 2.47. The van der Waals surface area contributed by atoms with Crippen LogP contribution in [0.2, 0.25) is 0 Å². The first kappa shape index (κ1) is 30.3. The minimum absolute atomic E-state index is 0.0432. The Bertz CT molecular complexity index is 2810. The van der Waals surface area contributed by atoms with Crippen LogP contribution in [-0.2, 0) is 5.41 Å². The Balaban J connectivity index is 1.08. The van der Waals surface area contributed by atoms with Crippen LogP contribution in [0.25, 0.3) is 83.5 Å². The third kappa shape index (κ3) is 4.74. The zero-order chi connectivity index (χ0) is 34.8. The average molecular weight is 666 g/mol. The van der Waals surface area contributed by atoms with Crippen LogP contribution in [0.1, 0.15) is 25.0 Å². The first-order chi connectivity index (χ1) is 25.5. The molecule has 0 fully saturated rings. The maximum atomic E-state index is 4.91. The topological polar surface area (TPSA) is 30.7 Å². The molecule has 0 radical (unpaired) electrons. The smallest absolute Gasteiger partial charge is 0.159 e. The lowest BCUT2D eigenvalue weighted by molar-refractivity contribution is 0.660. The van der Waals surface area contributed by atoms with Crippen LogP contribution >= 0.6 is 0 Å². The van der Waals surface area contributed by atoms with E-state index in [9.17, 15) is 0 Å². The van der Waals surface area contributed by atoms with Gasteiger partial charge in [0.15, 0.2) is 5.82 Å². The lowest BCUT2D eigenvalue weighted by Crippen LogP contribution is -2.14. The Kier molecular flexibility index (Phi) is 6.84. The van der Waals surface area contributed by atoms with Gasteiger partial charge in [-0.25, -0.2) is 9.97 Å². The fourth-order valence-corrected chi connectivity index (χ4v) is 8.30. The van der Waals surface area contributed by atoms with Gasteiger partial charge in [-0.2, -0.15) is 0 Å². The molecule has 246 valence electrons. The Morgan fingerprint density at radius 1 is 0.462 bits per heavy atom. The molecule has 0 spiro atoms. The molecule has 0 N–H and O–H groups in total. The molecule has 52 heavy (non-hydrogen) atoms. The Labute approximate surface area is 303 Å². The highest BCUT2D eigenvalue weighted by molar-refractivity contribution is 6.14. The number of fused-ring (bicyclic) bond motifs is 6. The molecular weight excluding hydrogens is 631 g/mol. The molecule has 3 nitrogen and oxygen atoms in total. The largest absolute Gasteiger partial charge is 0.309 e. The second-order valence-electron chi connectivity index (χ2n) is 14.2.